The van der Waals surface area contributed by atoms with Gasteiger partial charge in [-0.15, -0.1) is 5.10 Å². The van der Waals surface area contributed by atoms with Gasteiger partial charge in [-0.05, 0) is 24.6 Å². The molecule has 0 N–H and O–H groups in total. The molecule has 0 saturated carbocycles. The lowest BCUT2D eigenvalue weighted by Gasteiger charge is -2.22. The van der Waals surface area contributed by atoms with Crippen LogP contribution in [0.25, 0.3) is 0 Å². The maximum Gasteiger partial charge on any atom is 0.151 e. The van der Waals surface area contributed by atoms with Gasteiger partial charge in [-0.25, -0.2) is 0 Å². The Bertz CT molecular complexity index is 470. The fourth-order valence-corrected chi connectivity index (χ4v) is 2.17. The van der Waals surface area contributed by atoms with Crippen molar-refractivity contribution < 1.29 is 0 Å². The Morgan fingerprint density at radius 3 is 2.44 bits per heavy atom. The first-order valence-electron chi connectivity index (χ1n) is 5.95. The largest absolute Gasteiger partial charge is 0.350 e. The molecule has 2 rings (SSSR count). The van der Waals surface area contributed by atoms with Crippen molar-refractivity contribution in [2.45, 2.75) is 13.5 Å². The van der Waals surface area contributed by atoms with E-state index in [4.69, 9.17) is 0 Å². The normalized spacial score (nSPS) is 10.3. The lowest BCUT2D eigenvalue weighted by atomic mass is 10.2. The SMILES string of the molecule is Cc1ccc(N(CCBr)Cc2ccccc2)nn1. The number of benzene rings is 1. The Kier molecular flexibility index (Phi) is 4.70. The molecule has 0 bridgehead atoms. The van der Waals surface area contributed by atoms with Crippen LogP contribution in [0.3, 0.4) is 0 Å². The fourth-order valence-electron chi connectivity index (χ4n) is 1.74. The maximum absolute atomic E-state index is 4.25. The van der Waals surface area contributed by atoms with Crippen molar-refractivity contribution in [3.05, 3.63) is 53.7 Å². The molecular formula is C14H16BrN3. The molecule has 1 aromatic carbocycles. The number of aromatic nitrogens is 2. The topological polar surface area (TPSA) is 29.0 Å². The molecule has 0 radical (unpaired) electrons. The summed E-state index contributed by atoms with van der Waals surface area (Å²) in [7, 11) is 0. The molecule has 1 aromatic heterocycles. The van der Waals surface area contributed by atoms with Gasteiger partial charge in [0.2, 0.25) is 0 Å². The summed E-state index contributed by atoms with van der Waals surface area (Å²) in [4.78, 5) is 2.22. The zero-order chi connectivity index (χ0) is 12.8. The highest BCUT2D eigenvalue weighted by Crippen LogP contribution is 2.14. The highest BCUT2D eigenvalue weighted by molar-refractivity contribution is 9.09. The van der Waals surface area contributed by atoms with E-state index in [2.05, 4.69) is 55.3 Å². The Hall–Kier alpha value is -1.42. The molecule has 3 nitrogen and oxygen atoms in total. The molecule has 4 heteroatoms. The van der Waals surface area contributed by atoms with Gasteiger partial charge < -0.3 is 4.90 Å². The number of hydrogen-bond donors (Lipinski definition) is 0. The van der Waals surface area contributed by atoms with Crippen LogP contribution in [0.5, 0.6) is 0 Å². The second-order valence-corrected chi connectivity index (χ2v) is 4.92. The van der Waals surface area contributed by atoms with E-state index in [0.717, 1.165) is 29.9 Å². The van der Waals surface area contributed by atoms with Crippen molar-refractivity contribution in [3.63, 3.8) is 0 Å². The maximum atomic E-state index is 4.25. The van der Waals surface area contributed by atoms with Crippen molar-refractivity contribution in [1.82, 2.24) is 10.2 Å². The fraction of sp³-hybridized carbons (Fsp3) is 0.286. The molecule has 0 amide bonds. The van der Waals surface area contributed by atoms with Crippen molar-refractivity contribution in [2.24, 2.45) is 0 Å². The van der Waals surface area contributed by atoms with Crippen LogP contribution in [0.2, 0.25) is 0 Å². The van der Waals surface area contributed by atoms with Gasteiger partial charge in [0.25, 0.3) is 0 Å². The van der Waals surface area contributed by atoms with E-state index in [9.17, 15) is 0 Å². The van der Waals surface area contributed by atoms with Gasteiger partial charge >= 0.3 is 0 Å². The summed E-state index contributed by atoms with van der Waals surface area (Å²) in [6.45, 7) is 3.71. The molecule has 18 heavy (non-hydrogen) atoms. The van der Waals surface area contributed by atoms with Crippen molar-refractivity contribution in [1.29, 1.82) is 0 Å². The van der Waals surface area contributed by atoms with Gasteiger partial charge in [-0.3, -0.25) is 0 Å². The number of anilines is 1. The van der Waals surface area contributed by atoms with Crippen LogP contribution in [0.1, 0.15) is 11.3 Å². The van der Waals surface area contributed by atoms with Gasteiger partial charge in [0.05, 0.1) is 5.69 Å². The van der Waals surface area contributed by atoms with Gasteiger partial charge in [0, 0.05) is 18.4 Å². The smallest absolute Gasteiger partial charge is 0.151 e. The van der Waals surface area contributed by atoms with Crippen LogP contribution in [0, 0.1) is 6.92 Å². The first-order valence-corrected chi connectivity index (χ1v) is 7.07. The molecule has 0 aliphatic heterocycles. The molecule has 1 heterocycles. The van der Waals surface area contributed by atoms with E-state index < -0.39 is 0 Å². The van der Waals surface area contributed by atoms with E-state index >= 15 is 0 Å². The Morgan fingerprint density at radius 2 is 1.83 bits per heavy atom. The van der Waals surface area contributed by atoms with Crippen LogP contribution in [-0.2, 0) is 6.54 Å². The minimum Gasteiger partial charge on any atom is -0.350 e. The third-order valence-electron chi connectivity index (χ3n) is 2.68. The summed E-state index contributed by atoms with van der Waals surface area (Å²) >= 11 is 3.49. The van der Waals surface area contributed by atoms with Crippen LogP contribution in [0.4, 0.5) is 5.82 Å². The lowest BCUT2D eigenvalue weighted by molar-refractivity contribution is 0.798. The third-order valence-corrected chi connectivity index (χ3v) is 3.03. The number of halogens is 1. The summed E-state index contributed by atoms with van der Waals surface area (Å²) in [5, 5.41) is 9.28. The van der Waals surface area contributed by atoms with Gasteiger partial charge in [-0.2, -0.15) is 5.10 Å². The van der Waals surface area contributed by atoms with Gasteiger partial charge in [-0.1, -0.05) is 46.3 Å². The summed E-state index contributed by atoms with van der Waals surface area (Å²) in [6, 6.07) is 14.4. The van der Waals surface area contributed by atoms with Gasteiger partial charge in [0.1, 0.15) is 0 Å². The zero-order valence-corrected chi connectivity index (χ0v) is 12.0. The average Bonchev–Trinajstić information content (AvgIpc) is 2.40. The standard InChI is InChI=1S/C14H16BrN3/c1-12-7-8-14(17-16-12)18(10-9-15)11-13-5-3-2-4-6-13/h2-8H,9-11H2,1H3. The summed E-state index contributed by atoms with van der Waals surface area (Å²) in [5.74, 6) is 0.920. The molecular weight excluding hydrogens is 290 g/mol. The highest BCUT2D eigenvalue weighted by atomic mass is 79.9. The van der Waals surface area contributed by atoms with E-state index in [1.807, 2.05) is 25.1 Å². The molecule has 0 fully saturated rings. The molecule has 94 valence electrons. The zero-order valence-electron chi connectivity index (χ0n) is 10.4. The van der Waals surface area contributed by atoms with Crippen molar-refractivity contribution in [2.75, 3.05) is 16.8 Å². The second kappa shape index (κ2) is 6.50. The number of nitrogens with zero attached hydrogens (tertiary/aromatic N) is 3. The minimum atomic E-state index is 0.851. The molecule has 0 saturated heterocycles. The minimum absolute atomic E-state index is 0.851. The Morgan fingerprint density at radius 1 is 1.06 bits per heavy atom. The van der Waals surface area contributed by atoms with Crippen LogP contribution in [-0.4, -0.2) is 22.1 Å². The summed E-state index contributed by atoms with van der Waals surface area (Å²) in [5.41, 5.74) is 2.22. The molecule has 0 unspecified atom stereocenters. The van der Waals surface area contributed by atoms with Gasteiger partial charge in [0.15, 0.2) is 5.82 Å². The van der Waals surface area contributed by atoms with Crippen molar-refractivity contribution in [3.8, 4) is 0 Å². The van der Waals surface area contributed by atoms with E-state index in [-0.39, 0.29) is 0 Å². The summed E-state index contributed by atoms with van der Waals surface area (Å²) < 4.78 is 0. The average molecular weight is 306 g/mol. The predicted octanol–water partition coefficient (Wildman–Crippen LogP) is 3.19. The number of alkyl halides is 1. The van der Waals surface area contributed by atoms with Crippen LogP contribution in [0.15, 0.2) is 42.5 Å². The lowest BCUT2D eigenvalue weighted by Crippen LogP contribution is -2.26. The molecule has 0 aliphatic rings. The van der Waals surface area contributed by atoms with Crippen molar-refractivity contribution >= 4 is 21.7 Å². The number of hydrogen-bond acceptors (Lipinski definition) is 3. The van der Waals surface area contributed by atoms with Crippen LogP contribution < -0.4 is 4.90 Å². The number of rotatable bonds is 5. The van der Waals surface area contributed by atoms with E-state index in [1.54, 1.807) is 0 Å². The Balaban J connectivity index is 2.15. The second-order valence-electron chi connectivity index (χ2n) is 4.13. The molecule has 0 aliphatic carbocycles. The van der Waals surface area contributed by atoms with E-state index in [0.29, 0.717) is 0 Å². The quantitative estimate of drug-likeness (QED) is 0.795. The monoisotopic (exact) mass is 305 g/mol. The molecule has 0 atom stereocenters. The van der Waals surface area contributed by atoms with Crippen LogP contribution >= 0.6 is 15.9 Å². The summed E-state index contributed by atoms with van der Waals surface area (Å²) in [6.07, 6.45) is 0. The molecule has 2 aromatic rings. The Labute approximate surface area is 116 Å². The first kappa shape index (κ1) is 13.0. The number of aryl methyl sites for hydroxylation is 1. The van der Waals surface area contributed by atoms with E-state index in [1.165, 1.54) is 5.56 Å². The predicted molar refractivity (Wildman–Crippen MR) is 78.1 cm³/mol. The first-order chi connectivity index (χ1) is 8.79. The third kappa shape index (κ3) is 3.53. The highest BCUT2D eigenvalue weighted by Gasteiger charge is 2.08. The molecule has 0 spiro atoms.